The van der Waals surface area contributed by atoms with Crippen LogP contribution in [-0.2, 0) is 18.4 Å². The highest BCUT2D eigenvalue weighted by Gasteiger charge is 2.21. The number of carbonyl (C=O) groups excluding carboxylic acids is 2. The van der Waals surface area contributed by atoms with Crippen LogP contribution in [0.1, 0.15) is 22.8 Å². The predicted molar refractivity (Wildman–Crippen MR) is 122 cm³/mol. The number of rotatable bonds is 5. The summed E-state index contributed by atoms with van der Waals surface area (Å²) in [6, 6.07) is 8.81. The number of anilines is 1. The van der Waals surface area contributed by atoms with Crippen LogP contribution in [0.25, 0.3) is 21.8 Å². The SMILES string of the molecule is CC(=O)NN(Cc1ccc(OC(F)F)cc1Cl)C(=O)c1ccc2nc(N)c3cnn(C)c3c2c1. The van der Waals surface area contributed by atoms with Crippen molar-refractivity contribution >= 4 is 51.0 Å². The van der Waals surface area contributed by atoms with Crippen LogP contribution in [0.5, 0.6) is 5.75 Å². The molecule has 2 amide bonds. The van der Waals surface area contributed by atoms with Crippen LogP contribution in [0.2, 0.25) is 5.02 Å². The highest BCUT2D eigenvalue weighted by Crippen LogP contribution is 2.29. The molecule has 0 radical (unpaired) electrons. The van der Waals surface area contributed by atoms with Crippen molar-refractivity contribution < 1.29 is 23.1 Å². The van der Waals surface area contributed by atoms with Crippen LogP contribution in [0.3, 0.4) is 0 Å². The zero-order valence-corrected chi connectivity index (χ0v) is 18.8. The molecule has 12 heteroatoms. The summed E-state index contributed by atoms with van der Waals surface area (Å²) in [5.41, 5.74) is 10.5. The van der Waals surface area contributed by atoms with Gasteiger partial charge in [0.05, 0.1) is 29.2 Å². The molecule has 0 fully saturated rings. The van der Waals surface area contributed by atoms with Gasteiger partial charge < -0.3 is 10.5 Å². The molecule has 0 aliphatic carbocycles. The van der Waals surface area contributed by atoms with Crippen LogP contribution in [0.4, 0.5) is 14.6 Å². The van der Waals surface area contributed by atoms with E-state index in [0.717, 1.165) is 5.01 Å². The second-order valence-corrected chi connectivity index (χ2v) is 7.86. The number of carbonyl (C=O) groups is 2. The average molecular weight is 489 g/mol. The number of nitrogen functional groups attached to an aromatic ring is 1. The average Bonchev–Trinajstić information content (AvgIpc) is 3.16. The minimum Gasteiger partial charge on any atom is -0.435 e. The van der Waals surface area contributed by atoms with Crippen molar-refractivity contribution in [3.8, 4) is 5.75 Å². The van der Waals surface area contributed by atoms with Crippen molar-refractivity contribution in [2.45, 2.75) is 20.1 Å². The summed E-state index contributed by atoms with van der Waals surface area (Å²) < 4.78 is 30.9. The van der Waals surface area contributed by atoms with Crippen molar-refractivity contribution in [1.82, 2.24) is 25.2 Å². The summed E-state index contributed by atoms with van der Waals surface area (Å²) >= 11 is 6.20. The van der Waals surface area contributed by atoms with Gasteiger partial charge in [0, 0.05) is 29.9 Å². The maximum Gasteiger partial charge on any atom is 0.387 e. The third-order valence-electron chi connectivity index (χ3n) is 5.07. The van der Waals surface area contributed by atoms with Gasteiger partial charge in [-0.05, 0) is 35.9 Å². The summed E-state index contributed by atoms with van der Waals surface area (Å²) in [5.74, 6) is -0.800. The zero-order valence-electron chi connectivity index (χ0n) is 18.1. The van der Waals surface area contributed by atoms with Crippen molar-refractivity contribution in [3.05, 3.63) is 58.7 Å². The van der Waals surface area contributed by atoms with E-state index in [2.05, 4.69) is 20.2 Å². The molecular weight excluding hydrogens is 470 g/mol. The minimum absolute atomic E-state index is 0.0936. The number of hydrogen-bond donors (Lipinski definition) is 2. The van der Waals surface area contributed by atoms with Crippen LogP contribution in [0.15, 0.2) is 42.6 Å². The molecule has 176 valence electrons. The number of nitrogens with one attached hydrogen (secondary N) is 1. The number of benzene rings is 2. The van der Waals surface area contributed by atoms with E-state index in [1.54, 1.807) is 36.1 Å². The van der Waals surface area contributed by atoms with Crippen molar-refractivity contribution in [2.75, 3.05) is 5.73 Å². The van der Waals surface area contributed by atoms with E-state index < -0.39 is 18.4 Å². The van der Waals surface area contributed by atoms with Crippen LogP contribution in [0, 0.1) is 0 Å². The molecule has 0 saturated heterocycles. The summed E-state index contributed by atoms with van der Waals surface area (Å²) in [6.45, 7) is -1.86. The number of ether oxygens (including phenoxy) is 1. The van der Waals surface area contributed by atoms with Crippen LogP contribution < -0.4 is 15.9 Å². The summed E-state index contributed by atoms with van der Waals surface area (Å²) in [6.07, 6.45) is 1.60. The standard InChI is InChI=1S/C22H19ClF2N6O3/c1-11(32)29-31(10-13-3-5-14(8-17(13)23)34-22(24)25)21(33)12-4-6-18-15(7-12)19-16(20(26)28-18)9-27-30(19)2/h3-9,22H,10H2,1-2H3,(H2,26,28)(H,29,32). The molecular formula is C22H19ClF2N6O3. The topological polar surface area (TPSA) is 115 Å². The Morgan fingerprint density at radius 2 is 2.00 bits per heavy atom. The molecule has 2 aromatic carbocycles. The fourth-order valence-electron chi connectivity index (χ4n) is 3.60. The van der Waals surface area contributed by atoms with Gasteiger partial charge in [-0.25, -0.2) is 9.99 Å². The van der Waals surface area contributed by atoms with Gasteiger partial charge in [-0.2, -0.15) is 13.9 Å². The number of hydrogen-bond acceptors (Lipinski definition) is 6. The molecule has 9 nitrogen and oxygen atoms in total. The van der Waals surface area contributed by atoms with E-state index in [-0.39, 0.29) is 22.9 Å². The van der Waals surface area contributed by atoms with Gasteiger partial charge in [-0.15, -0.1) is 0 Å². The van der Waals surface area contributed by atoms with E-state index in [9.17, 15) is 18.4 Å². The zero-order chi connectivity index (χ0) is 24.6. The highest BCUT2D eigenvalue weighted by molar-refractivity contribution is 6.31. The third-order valence-corrected chi connectivity index (χ3v) is 5.42. The number of aromatic nitrogens is 3. The molecule has 3 N–H and O–H groups in total. The molecule has 0 spiro atoms. The first-order valence-corrected chi connectivity index (χ1v) is 10.3. The summed E-state index contributed by atoms with van der Waals surface area (Å²) in [4.78, 5) is 29.5. The Hall–Kier alpha value is -3.99. The van der Waals surface area contributed by atoms with Crippen molar-refractivity contribution in [1.29, 1.82) is 0 Å². The van der Waals surface area contributed by atoms with E-state index >= 15 is 0 Å². The first-order chi connectivity index (χ1) is 16.1. The quantitative estimate of drug-likeness (QED) is 0.414. The molecule has 0 aliphatic heterocycles. The molecule has 0 atom stereocenters. The number of amides is 2. The van der Waals surface area contributed by atoms with E-state index in [1.165, 1.54) is 25.1 Å². The van der Waals surface area contributed by atoms with E-state index in [1.807, 2.05) is 0 Å². The Labute approximate surface area is 197 Å². The molecule has 0 saturated carbocycles. The number of hydrazine groups is 1. The molecule has 4 rings (SSSR count). The van der Waals surface area contributed by atoms with Crippen molar-refractivity contribution in [3.63, 3.8) is 0 Å². The Morgan fingerprint density at radius 1 is 1.24 bits per heavy atom. The minimum atomic E-state index is -3.00. The molecule has 4 aromatic rings. The molecule has 0 aliphatic rings. The number of alkyl halides is 2. The first kappa shape index (κ1) is 23.2. The Kier molecular flexibility index (Phi) is 6.20. The van der Waals surface area contributed by atoms with E-state index in [0.29, 0.717) is 33.2 Å². The first-order valence-electron chi connectivity index (χ1n) is 9.97. The van der Waals surface area contributed by atoms with E-state index in [4.69, 9.17) is 17.3 Å². The predicted octanol–water partition coefficient (Wildman–Crippen LogP) is 3.65. The monoisotopic (exact) mass is 488 g/mol. The molecule has 0 unspecified atom stereocenters. The van der Waals surface area contributed by atoms with Crippen LogP contribution >= 0.6 is 11.6 Å². The molecule has 34 heavy (non-hydrogen) atoms. The van der Waals surface area contributed by atoms with Gasteiger partial charge in [0.15, 0.2) is 0 Å². The second-order valence-electron chi connectivity index (χ2n) is 7.45. The normalized spacial score (nSPS) is 11.2. The van der Waals surface area contributed by atoms with Gasteiger partial charge in [0.2, 0.25) is 5.91 Å². The smallest absolute Gasteiger partial charge is 0.387 e. The Balaban J connectivity index is 1.70. The largest absolute Gasteiger partial charge is 0.435 e. The number of pyridine rings is 1. The van der Waals surface area contributed by atoms with Crippen molar-refractivity contribution in [2.24, 2.45) is 7.05 Å². The fourth-order valence-corrected chi connectivity index (χ4v) is 3.83. The van der Waals surface area contributed by atoms with Gasteiger partial charge in [0.25, 0.3) is 5.91 Å². The Bertz CT molecular complexity index is 1430. The lowest BCUT2D eigenvalue weighted by Crippen LogP contribution is -2.44. The van der Waals surface area contributed by atoms with Gasteiger partial charge in [-0.3, -0.25) is 19.7 Å². The maximum absolute atomic E-state index is 13.4. The number of fused-ring (bicyclic) bond motifs is 3. The molecule has 2 aromatic heterocycles. The number of nitrogens with zero attached hydrogens (tertiary/aromatic N) is 4. The highest BCUT2D eigenvalue weighted by atomic mass is 35.5. The second kappa shape index (κ2) is 9.10. The number of aryl methyl sites for hydroxylation is 1. The molecule has 2 heterocycles. The Morgan fingerprint density at radius 3 is 2.68 bits per heavy atom. The van der Waals surface area contributed by atoms with Gasteiger partial charge >= 0.3 is 6.61 Å². The molecule has 0 bridgehead atoms. The fraction of sp³-hybridized carbons (Fsp3) is 0.182. The van der Waals surface area contributed by atoms with Crippen LogP contribution in [-0.4, -0.2) is 38.2 Å². The lowest BCUT2D eigenvalue weighted by Gasteiger charge is -2.23. The van der Waals surface area contributed by atoms with Gasteiger partial charge in [-0.1, -0.05) is 17.7 Å². The lowest BCUT2D eigenvalue weighted by atomic mass is 10.1. The maximum atomic E-state index is 13.4. The summed E-state index contributed by atoms with van der Waals surface area (Å²) in [7, 11) is 1.75. The lowest BCUT2D eigenvalue weighted by molar-refractivity contribution is -0.123. The third kappa shape index (κ3) is 4.55. The number of nitrogens with two attached hydrogens (primary N) is 1. The van der Waals surface area contributed by atoms with Gasteiger partial charge in [0.1, 0.15) is 11.6 Å². The number of halogens is 3. The summed E-state index contributed by atoms with van der Waals surface area (Å²) in [5, 5.41) is 6.71.